The van der Waals surface area contributed by atoms with Gasteiger partial charge in [-0.1, -0.05) is 31.5 Å². The minimum absolute atomic E-state index is 0.271. The third kappa shape index (κ3) is 5.92. The van der Waals surface area contributed by atoms with Crippen LogP contribution in [0.25, 0.3) is 10.9 Å². The Kier molecular flexibility index (Phi) is 8.47. The van der Waals surface area contributed by atoms with E-state index >= 15 is 0 Å². The SMILES string of the molecule is CCCN(CCC)S(=O)(=O)c1ccc2[nH]cc(/C=N\NC(=S)Nc3cccc(Cl)c3C)c2c1. The molecule has 1 heterocycles. The van der Waals surface area contributed by atoms with E-state index in [2.05, 4.69) is 20.8 Å². The second-order valence-electron chi connectivity index (χ2n) is 7.59. The first kappa shape index (κ1) is 25.2. The number of thiocarbonyl (C=S) groups is 1. The molecule has 0 amide bonds. The Balaban J connectivity index is 1.78. The predicted octanol–water partition coefficient (Wildman–Crippen LogP) is 5.26. The molecule has 0 fully saturated rings. The zero-order chi connectivity index (χ0) is 24.0. The Bertz CT molecular complexity index is 1270. The number of fused-ring (bicyclic) bond motifs is 1. The van der Waals surface area contributed by atoms with Crippen LogP contribution in [-0.2, 0) is 10.0 Å². The van der Waals surface area contributed by atoms with Crippen molar-refractivity contribution in [2.75, 3.05) is 18.4 Å². The minimum atomic E-state index is -3.57. The van der Waals surface area contributed by atoms with Crippen molar-refractivity contribution in [3.8, 4) is 0 Å². The quantitative estimate of drug-likeness (QED) is 0.209. The summed E-state index contributed by atoms with van der Waals surface area (Å²) in [5, 5.41) is 8.99. The number of anilines is 1. The van der Waals surface area contributed by atoms with Gasteiger partial charge in [0.25, 0.3) is 0 Å². The molecule has 10 heteroatoms. The second-order valence-corrected chi connectivity index (χ2v) is 10.3. The summed E-state index contributed by atoms with van der Waals surface area (Å²) in [5.74, 6) is 0. The molecular weight excluding hydrogens is 478 g/mol. The van der Waals surface area contributed by atoms with E-state index in [0.29, 0.717) is 23.2 Å². The number of sulfonamides is 1. The summed E-state index contributed by atoms with van der Waals surface area (Å²) in [5.41, 5.74) is 6.03. The van der Waals surface area contributed by atoms with Crippen molar-refractivity contribution in [2.24, 2.45) is 5.10 Å². The van der Waals surface area contributed by atoms with E-state index in [1.165, 1.54) is 4.31 Å². The molecule has 2 aromatic carbocycles. The Labute approximate surface area is 205 Å². The van der Waals surface area contributed by atoms with Crippen LogP contribution in [0, 0.1) is 6.92 Å². The molecule has 0 unspecified atom stereocenters. The van der Waals surface area contributed by atoms with Crippen LogP contribution in [-0.4, -0.2) is 42.1 Å². The number of nitrogens with zero attached hydrogens (tertiary/aromatic N) is 2. The molecule has 1 aromatic heterocycles. The number of nitrogens with one attached hydrogen (secondary N) is 3. The highest BCUT2D eigenvalue weighted by molar-refractivity contribution is 7.89. The molecule has 3 N–H and O–H groups in total. The highest BCUT2D eigenvalue weighted by Crippen LogP contribution is 2.25. The van der Waals surface area contributed by atoms with Crippen LogP contribution in [0.1, 0.15) is 37.8 Å². The lowest BCUT2D eigenvalue weighted by Crippen LogP contribution is -2.32. The largest absolute Gasteiger partial charge is 0.361 e. The van der Waals surface area contributed by atoms with E-state index in [4.69, 9.17) is 23.8 Å². The van der Waals surface area contributed by atoms with Crippen LogP contribution in [0.4, 0.5) is 5.69 Å². The third-order valence-corrected chi connectivity index (χ3v) is 7.65. The van der Waals surface area contributed by atoms with E-state index in [1.54, 1.807) is 30.6 Å². The summed E-state index contributed by atoms with van der Waals surface area (Å²) in [4.78, 5) is 3.42. The molecule has 0 saturated heterocycles. The second kappa shape index (κ2) is 11.1. The van der Waals surface area contributed by atoms with Crippen LogP contribution < -0.4 is 10.7 Å². The molecule has 3 rings (SSSR count). The van der Waals surface area contributed by atoms with Gasteiger partial charge < -0.3 is 10.3 Å². The third-order valence-electron chi connectivity index (χ3n) is 5.15. The molecule has 7 nitrogen and oxygen atoms in total. The standard InChI is InChI=1S/C23H28ClN5O2S2/c1-4-11-29(12-5-2)33(30,31)18-9-10-22-19(13-18)17(14-25-22)15-26-28-23(32)27-21-8-6-7-20(24)16(21)3/h6-10,13-15,25H,4-5,11-12H2,1-3H3,(H2,27,28,32)/b26-15-. The van der Waals surface area contributed by atoms with E-state index in [-0.39, 0.29) is 4.90 Å². The summed E-state index contributed by atoms with van der Waals surface area (Å²) in [6.07, 6.45) is 4.90. The van der Waals surface area contributed by atoms with Gasteiger partial charge in [0.1, 0.15) is 0 Å². The average molecular weight is 506 g/mol. The summed E-state index contributed by atoms with van der Waals surface area (Å²) >= 11 is 11.4. The first-order chi connectivity index (χ1) is 15.8. The van der Waals surface area contributed by atoms with Gasteiger partial charge in [0.15, 0.2) is 5.11 Å². The van der Waals surface area contributed by atoms with Gasteiger partial charge in [-0.3, -0.25) is 5.43 Å². The monoisotopic (exact) mass is 505 g/mol. The van der Waals surface area contributed by atoms with Gasteiger partial charge in [-0.2, -0.15) is 9.41 Å². The van der Waals surface area contributed by atoms with Gasteiger partial charge in [0.2, 0.25) is 10.0 Å². The summed E-state index contributed by atoms with van der Waals surface area (Å²) in [7, 11) is -3.57. The molecule has 0 aliphatic heterocycles. The van der Waals surface area contributed by atoms with Gasteiger partial charge in [-0.25, -0.2) is 8.42 Å². The number of hydrazone groups is 1. The Morgan fingerprint density at radius 1 is 1.21 bits per heavy atom. The van der Waals surface area contributed by atoms with Crippen LogP contribution >= 0.6 is 23.8 Å². The van der Waals surface area contributed by atoms with Gasteiger partial charge >= 0.3 is 0 Å². The van der Waals surface area contributed by atoms with Crippen LogP contribution in [0.15, 0.2) is 52.6 Å². The van der Waals surface area contributed by atoms with E-state index in [0.717, 1.165) is 40.6 Å². The Morgan fingerprint density at radius 2 is 1.94 bits per heavy atom. The van der Waals surface area contributed by atoms with Crippen LogP contribution in [0.5, 0.6) is 0 Å². The first-order valence-corrected chi connectivity index (χ1v) is 13.0. The number of hydrogen-bond acceptors (Lipinski definition) is 4. The predicted molar refractivity (Wildman–Crippen MR) is 141 cm³/mol. The summed E-state index contributed by atoms with van der Waals surface area (Å²) in [6.45, 7) is 6.84. The van der Waals surface area contributed by atoms with Crippen molar-refractivity contribution in [2.45, 2.75) is 38.5 Å². The molecule has 0 radical (unpaired) electrons. The molecular formula is C23H28ClN5O2S2. The smallest absolute Gasteiger partial charge is 0.243 e. The maximum absolute atomic E-state index is 13.2. The molecule has 176 valence electrons. The zero-order valence-electron chi connectivity index (χ0n) is 18.9. The van der Waals surface area contributed by atoms with Gasteiger partial charge in [-0.05, 0) is 67.9 Å². The number of aromatic nitrogens is 1. The molecule has 0 saturated carbocycles. The molecule has 0 aliphatic rings. The fraction of sp³-hybridized carbons (Fsp3) is 0.304. The van der Waals surface area contributed by atoms with Crippen LogP contribution in [0.2, 0.25) is 5.02 Å². The van der Waals surface area contributed by atoms with Crippen molar-refractivity contribution in [3.05, 3.63) is 58.7 Å². The van der Waals surface area contributed by atoms with Crippen molar-refractivity contribution in [1.29, 1.82) is 0 Å². The van der Waals surface area contributed by atoms with Crippen molar-refractivity contribution < 1.29 is 8.42 Å². The maximum atomic E-state index is 13.2. The van der Waals surface area contributed by atoms with Gasteiger partial charge in [0, 0.05) is 46.5 Å². The number of H-pyrrole nitrogens is 1. The molecule has 33 heavy (non-hydrogen) atoms. The number of halogens is 1. The molecule has 0 spiro atoms. The highest BCUT2D eigenvalue weighted by atomic mass is 35.5. The number of hydrogen-bond donors (Lipinski definition) is 3. The maximum Gasteiger partial charge on any atom is 0.243 e. The highest BCUT2D eigenvalue weighted by Gasteiger charge is 2.23. The number of rotatable bonds is 9. The van der Waals surface area contributed by atoms with E-state index in [1.807, 2.05) is 39.0 Å². The Morgan fingerprint density at radius 3 is 2.64 bits per heavy atom. The lowest BCUT2D eigenvalue weighted by Gasteiger charge is -2.21. The minimum Gasteiger partial charge on any atom is -0.361 e. The molecule has 0 bridgehead atoms. The number of aromatic amines is 1. The fourth-order valence-electron chi connectivity index (χ4n) is 3.44. The van der Waals surface area contributed by atoms with Gasteiger partial charge in [0.05, 0.1) is 11.1 Å². The van der Waals surface area contributed by atoms with Crippen molar-refractivity contribution in [3.63, 3.8) is 0 Å². The van der Waals surface area contributed by atoms with E-state index in [9.17, 15) is 8.42 Å². The zero-order valence-corrected chi connectivity index (χ0v) is 21.2. The fourth-order valence-corrected chi connectivity index (χ4v) is 5.43. The Hall–Kier alpha value is -2.46. The van der Waals surface area contributed by atoms with Crippen molar-refractivity contribution >= 4 is 61.8 Å². The summed E-state index contributed by atoms with van der Waals surface area (Å²) < 4.78 is 27.8. The summed E-state index contributed by atoms with van der Waals surface area (Å²) in [6, 6.07) is 10.6. The molecule has 3 aromatic rings. The lowest BCUT2D eigenvalue weighted by molar-refractivity contribution is 0.410. The van der Waals surface area contributed by atoms with Crippen LogP contribution in [0.3, 0.4) is 0 Å². The van der Waals surface area contributed by atoms with Gasteiger partial charge in [-0.15, -0.1) is 0 Å². The van der Waals surface area contributed by atoms with E-state index < -0.39 is 10.0 Å². The topological polar surface area (TPSA) is 89.6 Å². The average Bonchev–Trinajstić information content (AvgIpc) is 3.19. The lowest BCUT2D eigenvalue weighted by atomic mass is 10.2. The molecule has 0 aliphatic carbocycles. The first-order valence-electron chi connectivity index (χ1n) is 10.7. The number of benzene rings is 2. The van der Waals surface area contributed by atoms with Crippen molar-refractivity contribution in [1.82, 2.24) is 14.7 Å². The normalized spacial score (nSPS) is 12.0. The molecule has 0 atom stereocenters.